The Balaban J connectivity index is 1.86. The van der Waals surface area contributed by atoms with Gasteiger partial charge in [0, 0.05) is 6.07 Å². The highest BCUT2D eigenvalue weighted by Crippen LogP contribution is 2.19. The first-order chi connectivity index (χ1) is 12.0. The van der Waals surface area contributed by atoms with Crippen LogP contribution < -0.4 is 5.32 Å². The van der Waals surface area contributed by atoms with Crippen LogP contribution >= 0.6 is 0 Å². The molecule has 0 spiro atoms. The van der Waals surface area contributed by atoms with Crippen molar-refractivity contribution in [1.82, 2.24) is 14.9 Å². The maximum Gasteiger partial charge on any atom is 0.262 e. The monoisotopic (exact) mass is 338 g/mol. The Bertz CT molecular complexity index is 908. The zero-order valence-electron chi connectivity index (χ0n) is 15.0. The van der Waals surface area contributed by atoms with E-state index in [0.717, 1.165) is 11.3 Å². The number of nitrogens with zero attached hydrogens (tertiary/aromatic N) is 3. The van der Waals surface area contributed by atoms with Crippen LogP contribution in [0.25, 0.3) is 0 Å². The molecule has 6 nitrogen and oxygen atoms in total. The molecule has 1 aromatic carbocycles. The fraction of sp³-hybridized carbons (Fsp3) is 0.316. The molecule has 0 atom stereocenters. The second kappa shape index (κ2) is 6.93. The van der Waals surface area contributed by atoms with Crippen LogP contribution in [0.4, 0.5) is 5.82 Å². The van der Waals surface area contributed by atoms with Crippen LogP contribution in [0.1, 0.15) is 45.6 Å². The molecule has 1 amide bonds. The molecule has 1 N–H and O–H groups in total. The summed E-state index contributed by atoms with van der Waals surface area (Å²) in [5.74, 6) is 0.962. The second-order valence-corrected chi connectivity index (χ2v) is 6.19. The Labute approximate surface area is 146 Å². The third-order valence-electron chi connectivity index (χ3n) is 4.05. The molecule has 3 aromatic rings. The normalized spacial score (nSPS) is 10.9. The maximum atomic E-state index is 12.7. The summed E-state index contributed by atoms with van der Waals surface area (Å²) in [5, 5.41) is 11.4. The van der Waals surface area contributed by atoms with Gasteiger partial charge >= 0.3 is 0 Å². The SMILES string of the molecule is CCc1noc(C)c1C(=O)Nc1cc(C)nn1Cc1cccc(C)c1. The van der Waals surface area contributed by atoms with Crippen molar-refractivity contribution in [3.05, 3.63) is 64.2 Å². The van der Waals surface area contributed by atoms with E-state index >= 15 is 0 Å². The predicted molar refractivity (Wildman–Crippen MR) is 95.8 cm³/mol. The van der Waals surface area contributed by atoms with Gasteiger partial charge in [-0.05, 0) is 32.8 Å². The van der Waals surface area contributed by atoms with E-state index in [1.807, 2.05) is 26.0 Å². The molecule has 0 bridgehead atoms. The molecular weight excluding hydrogens is 316 g/mol. The quantitative estimate of drug-likeness (QED) is 0.770. The smallest absolute Gasteiger partial charge is 0.262 e. The summed E-state index contributed by atoms with van der Waals surface area (Å²) in [7, 11) is 0. The number of carbonyl (C=O) groups is 1. The van der Waals surface area contributed by atoms with Crippen molar-refractivity contribution >= 4 is 11.7 Å². The molecule has 0 saturated heterocycles. The van der Waals surface area contributed by atoms with E-state index in [0.29, 0.717) is 35.8 Å². The topological polar surface area (TPSA) is 73.0 Å². The van der Waals surface area contributed by atoms with Crippen molar-refractivity contribution in [2.24, 2.45) is 0 Å². The summed E-state index contributed by atoms with van der Waals surface area (Å²) in [6.07, 6.45) is 0.641. The van der Waals surface area contributed by atoms with E-state index in [9.17, 15) is 4.79 Å². The molecule has 2 aromatic heterocycles. The number of hydrogen-bond acceptors (Lipinski definition) is 4. The Morgan fingerprint density at radius 1 is 1.24 bits per heavy atom. The highest BCUT2D eigenvalue weighted by Gasteiger charge is 2.20. The summed E-state index contributed by atoms with van der Waals surface area (Å²) in [4.78, 5) is 12.7. The van der Waals surface area contributed by atoms with Gasteiger partial charge in [0.1, 0.15) is 17.1 Å². The lowest BCUT2D eigenvalue weighted by Crippen LogP contribution is -2.18. The maximum absolute atomic E-state index is 12.7. The first kappa shape index (κ1) is 17.0. The van der Waals surface area contributed by atoms with Crippen molar-refractivity contribution in [2.75, 3.05) is 5.32 Å². The molecule has 0 fully saturated rings. The Hall–Kier alpha value is -2.89. The number of nitrogens with one attached hydrogen (secondary N) is 1. The Kier molecular flexibility index (Phi) is 4.70. The number of rotatable bonds is 5. The Morgan fingerprint density at radius 3 is 2.76 bits per heavy atom. The zero-order chi connectivity index (χ0) is 18.0. The molecule has 6 heteroatoms. The predicted octanol–water partition coefficient (Wildman–Crippen LogP) is 3.66. The molecule has 2 heterocycles. The fourth-order valence-corrected chi connectivity index (χ4v) is 2.88. The van der Waals surface area contributed by atoms with Crippen molar-refractivity contribution in [3.63, 3.8) is 0 Å². The van der Waals surface area contributed by atoms with E-state index in [2.05, 4.69) is 40.7 Å². The highest BCUT2D eigenvalue weighted by atomic mass is 16.5. The van der Waals surface area contributed by atoms with Crippen molar-refractivity contribution in [1.29, 1.82) is 0 Å². The van der Waals surface area contributed by atoms with Gasteiger partial charge in [-0.1, -0.05) is 41.9 Å². The van der Waals surface area contributed by atoms with E-state index < -0.39 is 0 Å². The second-order valence-electron chi connectivity index (χ2n) is 6.19. The van der Waals surface area contributed by atoms with Gasteiger partial charge in [0.05, 0.1) is 17.9 Å². The van der Waals surface area contributed by atoms with E-state index in [4.69, 9.17) is 4.52 Å². The van der Waals surface area contributed by atoms with Crippen LogP contribution in [-0.2, 0) is 13.0 Å². The Morgan fingerprint density at radius 2 is 2.04 bits per heavy atom. The van der Waals surface area contributed by atoms with Gasteiger partial charge in [0.15, 0.2) is 0 Å². The van der Waals surface area contributed by atoms with Crippen LogP contribution in [0, 0.1) is 20.8 Å². The average Bonchev–Trinajstić information content (AvgIpc) is 3.09. The van der Waals surface area contributed by atoms with Crippen LogP contribution in [0.3, 0.4) is 0 Å². The molecule has 0 aliphatic carbocycles. The van der Waals surface area contributed by atoms with Gasteiger partial charge in [-0.3, -0.25) is 4.79 Å². The standard InChI is InChI=1S/C19H22N4O2/c1-5-16-18(14(4)25-22-16)19(24)20-17-10-13(3)21-23(17)11-15-8-6-7-12(2)9-15/h6-10H,5,11H2,1-4H3,(H,20,24). The van der Waals surface area contributed by atoms with Gasteiger partial charge in [-0.2, -0.15) is 5.10 Å². The van der Waals surface area contributed by atoms with E-state index in [-0.39, 0.29) is 5.91 Å². The lowest BCUT2D eigenvalue weighted by Gasteiger charge is -2.09. The van der Waals surface area contributed by atoms with Crippen molar-refractivity contribution in [3.8, 4) is 0 Å². The van der Waals surface area contributed by atoms with Gasteiger partial charge in [0.25, 0.3) is 5.91 Å². The van der Waals surface area contributed by atoms with Crippen LogP contribution in [0.5, 0.6) is 0 Å². The van der Waals surface area contributed by atoms with Gasteiger partial charge in [-0.25, -0.2) is 4.68 Å². The van der Waals surface area contributed by atoms with E-state index in [1.165, 1.54) is 5.56 Å². The van der Waals surface area contributed by atoms with Crippen molar-refractivity contribution < 1.29 is 9.32 Å². The molecule has 0 aliphatic rings. The lowest BCUT2D eigenvalue weighted by molar-refractivity contribution is 0.102. The molecular formula is C19H22N4O2. The van der Waals surface area contributed by atoms with Gasteiger partial charge in [-0.15, -0.1) is 0 Å². The molecule has 0 radical (unpaired) electrons. The summed E-state index contributed by atoms with van der Waals surface area (Å²) in [6.45, 7) is 8.25. The number of aryl methyl sites for hydroxylation is 4. The first-order valence-electron chi connectivity index (χ1n) is 8.34. The summed E-state index contributed by atoms with van der Waals surface area (Å²) >= 11 is 0. The number of benzene rings is 1. The minimum absolute atomic E-state index is 0.221. The molecule has 130 valence electrons. The minimum Gasteiger partial charge on any atom is -0.361 e. The summed E-state index contributed by atoms with van der Waals surface area (Å²) in [5.41, 5.74) is 4.34. The zero-order valence-corrected chi connectivity index (χ0v) is 15.0. The largest absolute Gasteiger partial charge is 0.361 e. The number of amides is 1. The number of aromatic nitrogens is 3. The summed E-state index contributed by atoms with van der Waals surface area (Å²) < 4.78 is 6.96. The number of anilines is 1. The minimum atomic E-state index is -0.221. The van der Waals surface area contributed by atoms with Crippen LogP contribution in [0.2, 0.25) is 0 Å². The van der Waals surface area contributed by atoms with E-state index in [1.54, 1.807) is 11.6 Å². The van der Waals surface area contributed by atoms with Gasteiger partial charge in [0.2, 0.25) is 0 Å². The molecule has 3 rings (SSSR count). The van der Waals surface area contributed by atoms with Gasteiger partial charge < -0.3 is 9.84 Å². The molecule has 0 aliphatic heterocycles. The average molecular weight is 338 g/mol. The first-order valence-corrected chi connectivity index (χ1v) is 8.34. The fourth-order valence-electron chi connectivity index (χ4n) is 2.88. The van der Waals surface area contributed by atoms with Crippen molar-refractivity contribution in [2.45, 2.75) is 40.7 Å². The highest BCUT2D eigenvalue weighted by molar-refractivity contribution is 6.05. The molecule has 25 heavy (non-hydrogen) atoms. The summed E-state index contributed by atoms with van der Waals surface area (Å²) in [6, 6.07) is 10.1. The molecule has 0 saturated carbocycles. The van der Waals surface area contributed by atoms with Crippen LogP contribution in [0.15, 0.2) is 34.9 Å². The molecule has 0 unspecified atom stereocenters. The third kappa shape index (κ3) is 3.63. The third-order valence-corrected chi connectivity index (χ3v) is 4.05. The number of carbonyl (C=O) groups excluding carboxylic acids is 1. The number of hydrogen-bond donors (Lipinski definition) is 1. The van der Waals surface area contributed by atoms with Crippen LogP contribution in [-0.4, -0.2) is 20.8 Å². The lowest BCUT2D eigenvalue weighted by atomic mass is 10.1.